The lowest BCUT2D eigenvalue weighted by molar-refractivity contribution is -0.385. The number of aliphatic imine (C=N–C) groups is 1. The summed E-state index contributed by atoms with van der Waals surface area (Å²) in [6.07, 6.45) is 4.24. The predicted molar refractivity (Wildman–Crippen MR) is 91.8 cm³/mol. The van der Waals surface area contributed by atoms with Crippen molar-refractivity contribution in [2.45, 2.75) is 32.9 Å². The van der Waals surface area contributed by atoms with Gasteiger partial charge in [-0.3, -0.25) is 19.8 Å². The van der Waals surface area contributed by atoms with Gasteiger partial charge in [-0.15, -0.1) is 0 Å². The predicted octanol–water partition coefficient (Wildman–Crippen LogP) is 0.170. The molecule has 0 bridgehead atoms. The van der Waals surface area contributed by atoms with Crippen molar-refractivity contribution in [3.8, 4) is 0 Å². The van der Waals surface area contributed by atoms with Crippen LogP contribution in [-0.4, -0.2) is 60.2 Å². The highest BCUT2D eigenvalue weighted by atomic mass is 32.2. The second-order valence-corrected chi connectivity index (χ2v) is 7.70. The molecular formula is C13H24N6O4S. The molecule has 0 aliphatic heterocycles. The van der Waals surface area contributed by atoms with Gasteiger partial charge >= 0.3 is 5.69 Å². The zero-order chi connectivity index (χ0) is 18.2. The van der Waals surface area contributed by atoms with Crippen molar-refractivity contribution in [1.29, 1.82) is 0 Å². The lowest BCUT2D eigenvalue weighted by atomic mass is 10.3. The molecule has 11 heteroatoms. The summed E-state index contributed by atoms with van der Waals surface area (Å²) in [6.45, 7) is 5.26. The summed E-state index contributed by atoms with van der Waals surface area (Å²) in [5.74, 6) is 0.678. The molecular weight excluding hydrogens is 336 g/mol. The fourth-order valence-electron chi connectivity index (χ4n) is 1.85. The minimum atomic E-state index is -2.99. The van der Waals surface area contributed by atoms with Crippen LogP contribution in [0.2, 0.25) is 0 Å². The Kier molecular flexibility index (Phi) is 7.62. The molecule has 1 aromatic heterocycles. The van der Waals surface area contributed by atoms with Gasteiger partial charge < -0.3 is 10.6 Å². The Bertz CT molecular complexity index is 670. The molecule has 0 saturated carbocycles. The number of hydrogen-bond acceptors (Lipinski definition) is 6. The third-order valence-corrected chi connectivity index (χ3v) is 4.06. The highest BCUT2D eigenvalue weighted by molar-refractivity contribution is 7.90. The number of nitrogens with zero attached hydrogens (tertiary/aromatic N) is 4. The molecule has 2 N–H and O–H groups in total. The maximum absolute atomic E-state index is 11.2. The molecule has 0 fully saturated rings. The van der Waals surface area contributed by atoms with Crippen LogP contribution in [0, 0.1) is 10.1 Å². The van der Waals surface area contributed by atoms with Gasteiger partial charge in [-0.05, 0) is 20.3 Å². The molecule has 0 radical (unpaired) electrons. The molecule has 0 spiro atoms. The molecule has 1 atom stereocenters. The largest absolute Gasteiger partial charge is 0.357 e. The molecule has 0 saturated heterocycles. The van der Waals surface area contributed by atoms with Crippen LogP contribution in [0.1, 0.15) is 20.3 Å². The standard InChI is InChI=1S/C13H24N6O4S/c1-4-14-13(17-11(2)5-8-24(3,22)23)15-6-7-18-10-12(9-16-18)19(20)21/h9-11H,4-8H2,1-3H3,(H2,14,15,17). The number of sulfone groups is 1. The smallest absolute Gasteiger partial charge is 0.306 e. The van der Waals surface area contributed by atoms with E-state index in [-0.39, 0.29) is 17.5 Å². The van der Waals surface area contributed by atoms with Gasteiger partial charge in [0.05, 0.1) is 23.8 Å². The van der Waals surface area contributed by atoms with Crippen LogP contribution >= 0.6 is 0 Å². The number of aromatic nitrogens is 2. The SMILES string of the molecule is CCNC(=NCCn1cc([N+](=O)[O-])cn1)NC(C)CCS(C)(=O)=O. The average molecular weight is 360 g/mol. The van der Waals surface area contributed by atoms with E-state index in [0.29, 0.717) is 32.0 Å². The van der Waals surface area contributed by atoms with E-state index >= 15 is 0 Å². The lowest BCUT2D eigenvalue weighted by Crippen LogP contribution is -2.43. The summed E-state index contributed by atoms with van der Waals surface area (Å²) < 4.78 is 23.8. The van der Waals surface area contributed by atoms with Crippen molar-refractivity contribution < 1.29 is 13.3 Å². The molecule has 10 nitrogen and oxygen atoms in total. The lowest BCUT2D eigenvalue weighted by Gasteiger charge is -2.17. The summed E-state index contributed by atoms with van der Waals surface area (Å²) in [7, 11) is -2.99. The third kappa shape index (κ3) is 7.90. The van der Waals surface area contributed by atoms with E-state index in [1.54, 1.807) is 0 Å². The Morgan fingerprint density at radius 1 is 1.54 bits per heavy atom. The van der Waals surface area contributed by atoms with E-state index in [2.05, 4.69) is 20.7 Å². The molecule has 1 unspecified atom stereocenters. The van der Waals surface area contributed by atoms with Crippen LogP contribution < -0.4 is 10.6 Å². The zero-order valence-corrected chi connectivity index (χ0v) is 14.9. The second-order valence-electron chi connectivity index (χ2n) is 5.44. The van der Waals surface area contributed by atoms with Gasteiger partial charge in [-0.25, -0.2) is 8.42 Å². The van der Waals surface area contributed by atoms with E-state index in [0.717, 1.165) is 0 Å². The van der Waals surface area contributed by atoms with Crippen molar-refractivity contribution in [3.05, 3.63) is 22.5 Å². The van der Waals surface area contributed by atoms with Crippen LogP contribution in [-0.2, 0) is 16.4 Å². The van der Waals surface area contributed by atoms with Crippen molar-refractivity contribution in [2.24, 2.45) is 4.99 Å². The van der Waals surface area contributed by atoms with E-state index in [4.69, 9.17) is 0 Å². The summed E-state index contributed by atoms with van der Waals surface area (Å²) in [6, 6.07) is -0.0525. The Balaban J connectivity index is 2.53. The first-order chi connectivity index (χ1) is 11.2. The van der Waals surface area contributed by atoms with E-state index in [1.807, 2.05) is 13.8 Å². The third-order valence-electron chi connectivity index (χ3n) is 3.08. The minimum Gasteiger partial charge on any atom is -0.357 e. The van der Waals surface area contributed by atoms with Gasteiger partial charge in [0.2, 0.25) is 0 Å². The van der Waals surface area contributed by atoms with E-state index < -0.39 is 14.8 Å². The van der Waals surface area contributed by atoms with Crippen LogP contribution in [0.5, 0.6) is 0 Å². The zero-order valence-electron chi connectivity index (χ0n) is 14.1. The molecule has 0 aliphatic rings. The molecule has 0 aromatic carbocycles. The van der Waals surface area contributed by atoms with Crippen molar-refractivity contribution in [2.75, 3.05) is 25.1 Å². The minimum absolute atomic E-state index is 0.0525. The number of nitrogens with one attached hydrogen (secondary N) is 2. The molecule has 1 heterocycles. The summed E-state index contributed by atoms with van der Waals surface area (Å²) in [4.78, 5) is 14.5. The fraction of sp³-hybridized carbons (Fsp3) is 0.692. The first-order valence-corrected chi connectivity index (χ1v) is 9.66. The Morgan fingerprint density at radius 2 is 2.25 bits per heavy atom. The van der Waals surface area contributed by atoms with Gasteiger partial charge in [0.15, 0.2) is 5.96 Å². The summed E-state index contributed by atoms with van der Waals surface area (Å²) in [5, 5.41) is 20.7. The van der Waals surface area contributed by atoms with Crippen molar-refractivity contribution in [1.82, 2.24) is 20.4 Å². The van der Waals surface area contributed by atoms with Gasteiger partial charge in [0, 0.05) is 18.8 Å². The number of rotatable bonds is 9. The van der Waals surface area contributed by atoms with Gasteiger partial charge in [0.1, 0.15) is 22.2 Å². The Labute approximate surface area is 141 Å². The molecule has 24 heavy (non-hydrogen) atoms. The van der Waals surface area contributed by atoms with Crippen LogP contribution in [0.3, 0.4) is 0 Å². The normalized spacial score (nSPS) is 13.5. The monoisotopic (exact) mass is 360 g/mol. The van der Waals surface area contributed by atoms with Gasteiger partial charge in [0.25, 0.3) is 0 Å². The van der Waals surface area contributed by atoms with Crippen LogP contribution in [0.15, 0.2) is 17.4 Å². The first kappa shape index (κ1) is 19.9. The number of nitro groups is 1. The fourth-order valence-corrected chi connectivity index (χ4v) is 2.63. The second kappa shape index (κ2) is 9.21. The van der Waals surface area contributed by atoms with Crippen molar-refractivity contribution in [3.63, 3.8) is 0 Å². The van der Waals surface area contributed by atoms with Crippen molar-refractivity contribution >= 4 is 21.5 Å². The maximum atomic E-state index is 11.2. The van der Waals surface area contributed by atoms with Crippen LogP contribution in [0.4, 0.5) is 5.69 Å². The molecule has 0 aliphatic carbocycles. The van der Waals surface area contributed by atoms with Crippen LogP contribution in [0.25, 0.3) is 0 Å². The average Bonchev–Trinajstić information content (AvgIpc) is 2.94. The first-order valence-electron chi connectivity index (χ1n) is 7.60. The Morgan fingerprint density at radius 3 is 2.79 bits per heavy atom. The molecule has 0 amide bonds. The van der Waals surface area contributed by atoms with Gasteiger partial charge in [-0.1, -0.05) is 0 Å². The van der Waals surface area contributed by atoms with E-state index in [1.165, 1.54) is 23.3 Å². The summed E-state index contributed by atoms with van der Waals surface area (Å²) in [5.41, 5.74) is -0.0570. The number of hydrogen-bond donors (Lipinski definition) is 2. The Hall–Kier alpha value is -2.17. The molecule has 1 aromatic rings. The highest BCUT2D eigenvalue weighted by Gasteiger charge is 2.10. The van der Waals surface area contributed by atoms with E-state index in [9.17, 15) is 18.5 Å². The number of guanidine groups is 1. The topological polar surface area (TPSA) is 132 Å². The molecule has 136 valence electrons. The summed E-state index contributed by atoms with van der Waals surface area (Å²) >= 11 is 0. The van der Waals surface area contributed by atoms with Gasteiger partial charge in [-0.2, -0.15) is 5.10 Å². The quantitative estimate of drug-likeness (QED) is 0.278. The maximum Gasteiger partial charge on any atom is 0.306 e. The molecule has 1 rings (SSSR count). The highest BCUT2D eigenvalue weighted by Crippen LogP contribution is 2.07.